The number of benzene rings is 1. The number of likely N-dealkylation sites (N-methyl/N-ethyl adjacent to an activating group) is 1. The van der Waals surface area contributed by atoms with Crippen molar-refractivity contribution in [1.29, 1.82) is 0 Å². The van der Waals surface area contributed by atoms with Gasteiger partial charge < -0.3 is 10.0 Å². The smallest absolute Gasteiger partial charge is 0.115 e. The Morgan fingerprint density at radius 2 is 2.16 bits per heavy atom. The number of nitrogens with zero attached hydrogens (tertiary/aromatic N) is 1. The lowest BCUT2D eigenvalue weighted by molar-refractivity contribution is 0.00274. The highest BCUT2D eigenvalue weighted by Crippen LogP contribution is 2.55. The molecule has 1 N–H and O–H groups in total. The standard InChI is InChI=1S/C17H23NO/c1-18-9-8-17-7-3-2-4-14(17)16(18)10-12-5-6-13(19)11-15(12)17/h5-6,11,14,16,19H,2-4,7-10H2,1H3/t14-,16-,17?/m1/s1. The van der Waals surface area contributed by atoms with E-state index in [9.17, 15) is 5.11 Å². The third-order valence-electron chi connectivity index (χ3n) is 6.10. The van der Waals surface area contributed by atoms with Gasteiger partial charge in [-0.1, -0.05) is 18.9 Å². The maximum absolute atomic E-state index is 9.91. The van der Waals surface area contributed by atoms with Crippen molar-refractivity contribution in [2.45, 2.75) is 50.0 Å². The minimum atomic E-state index is 0.377. The molecule has 1 aromatic carbocycles. The first-order valence-electron chi connectivity index (χ1n) is 7.73. The lowest BCUT2D eigenvalue weighted by Gasteiger charge is -2.58. The van der Waals surface area contributed by atoms with Crippen LogP contribution in [-0.4, -0.2) is 29.6 Å². The normalized spacial score (nSPS) is 37.5. The van der Waals surface area contributed by atoms with E-state index in [1.165, 1.54) is 56.2 Å². The molecule has 1 unspecified atom stereocenters. The van der Waals surface area contributed by atoms with E-state index in [1.54, 1.807) is 0 Å². The van der Waals surface area contributed by atoms with Crippen LogP contribution in [-0.2, 0) is 11.8 Å². The number of piperidine rings is 1. The molecule has 3 aliphatic rings. The van der Waals surface area contributed by atoms with Gasteiger partial charge in [-0.15, -0.1) is 0 Å². The Hall–Kier alpha value is -1.02. The van der Waals surface area contributed by atoms with E-state index < -0.39 is 0 Å². The van der Waals surface area contributed by atoms with Crippen molar-refractivity contribution in [2.75, 3.05) is 13.6 Å². The van der Waals surface area contributed by atoms with Gasteiger partial charge in [-0.2, -0.15) is 0 Å². The fourth-order valence-corrected chi connectivity index (χ4v) is 5.18. The molecule has 2 fully saturated rings. The summed E-state index contributed by atoms with van der Waals surface area (Å²) in [7, 11) is 2.30. The van der Waals surface area contributed by atoms with Crippen LogP contribution < -0.4 is 0 Å². The molecule has 1 aromatic rings. The lowest BCUT2D eigenvalue weighted by Crippen LogP contribution is -2.59. The Labute approximate surface area is 115 Å². The average Bonchev–Trinajstić information content (AvgIpc) is 2.43. The summed E-state index contributed by atoms with van der Waals surface area (Å²) in [4.78, 5) is 2.59. The van der Waals surface area contributed by atoms with E-state index >= 15 is 0 Å². The SMILES string of the molecule is CN1CCC23CCCC[C@@H]2[C@H]1Cc1ccc(O)cc13. The highest BCUT2D eigenvalue weighted by atomic mass is 16.3. The molecule has 1 saturated carbocycles. The molecule has 3 atom stereocenters. The number of hydrogen-bond donors (Lipinski definition) is 1. The van der Waals surface area contributed by atoms with E-state index in [0.717, 1.165) is 12.0 Å². The van der Waals surface area contributed by atoms with Crippen LogP contribution in [0.3, 0.4) is 0 Å². The van der Waals surface area contributed by atoms with Crippen LogP contribution in [0.2, 0.25) is 0 Å². The molecule has 19 heavy (non-hydrogen) atoms. The monoisotopic (exact) mass is 257 g/mol. The Morgan fingerprint density at radius 3 is 3.05 bits per heavy atom. The van der Waals surface area contributed by atoms with Crippen LogP contribution in [0.25, 0.3) is 0 Å². The van der Waals surface area contributed by atoms with Gasteiger partial charge in [0.05, 0.1) is 0 Å². The van der Waals surface area contributed by atoms with Crippen molar-refractivity contribution in [3.05, 3.63) is 29.3 Å². The number of likely N-dealkylation sites (tertiary alicyclic amines) is 1. The molecule has 0 spiro atoms. The number of phenolic OH excluding ortho intramolecular Hbond substituents is 1. The Bertz CT molecular complexity index is 512. The second kappa shape index (κ2) is 3.99. The Balaban J connectivity index is 1.90. The molecule has 2 heteroatoms. The zero-order valence-electron chi connectivity index (χ0n) is 11.7. The summed E-state index contributed by atoms with van der Waals surface area (Å²) in [5, 5.41) is 9.91. The van der Waals surface area contributed by atoms with Crippen LogP contribution in [0, 0.1) is 5.92 Å². The summed E-state index contributed by atoms with van der Waals surface area (Å²) in [6.45, 7) is 1.22. The lowest BCUT2D eigenvalue weighted by atomic mass is 9.52. The van der Waals surface area contributed by atoms with Gasteiger partial charge in [0.15, 0.2) is 0 Å². The summed E-state index contributed by atoms with van der Waals surface area (Å²) in [5.41, 5.74) is 3.36. The number of phenols is 1. The molecule has 0 aromatic heterocycles. The van der Waals surface area contributed by atoms with Crippen molar-refractivity contribution in [2.24, 2.45) is 5.92 Å². The van der Waals surface area contributed by atoms with E-state index in [2.05, 4.69) is 24.1 Å². The van der Waals surface area contributed by atoms with Crippen LogP contribution in [0.4, 0.5) is 0 Å². The summed E-state index contributed by atoms with van der Waals surface area (Å²) >= 11 is 0. The largest absolute Gasteiger partial charge is 0.508 e. The first kappa shape index (κ1) is 11.8. The van der Waals surface area contributed by atoms with Crippen molar-refractivity contribution in [3.63, 3.8) is 0 Å². The van der Waals surface area contributed by atoms with Gasteiger partial charge in [-0.3, -0.25) is 0 Å². The van der Waals surface area contributed by atoms with Crippen LogP contribution in [0.1, 0.15) is 43.2 Å². The van der Waals surface area contributed by atoms with E-state index in [4.69, 9.17) is 0 Å². The van der Waals surface area contributed by atoms with Gasteiger partial charge in [0, 0.05) is 11.5 Å². The minimum Gasteiger partial charge on any atom is -0.508 e. The molecule has 1 aliphatic heterocycles. The second-order valence-corrected chi connectivity index (χ2v) is 6.85. The first-order valence-corrected chi connectivity index (χ1v) is 7.73. The quantitative estimate of drug-likeness (QED) is 0.772. The molecule has 102 valence electrons. The number of fused-ring (bicyclic) bond motifs is 1. The number of hydrogen-bond acceptors (Lipinski definition) is 2. The topological polar surface area (TPSA) is 23.5 Å². The van der Waals surface area contributed by atoms with Crippen LogP contribution in [0.5, 0.6) is 5.75 Å². The van der Waals surface area contributed by atoms with Gasteiger partial charge in [-0.25, -0.2) is 0 Å². The summed E-state index contributed by atoms with van der Waals surface area (Å²) in [5.74, 6) is 1.27. The fourth-order valence-electron chi connectivity index (χ4n) is 5.18. The third-order valence-corrected chi connectivity index (χ3v) is 6.10. The highest BCUT2D eigenvalue weighted by Gasteiger charge is 2.52. The second-order valence-electron chi connectivity index (χ2n) is 6.85. The molecular weight excluding hydrogens is 234 g/mol. The highest BCUT2D eigenvalue weighted by molar-refractivity contribution is 5.45. The van der Waals surface area contributed by atoms with Gasteiger partial charge in [0.25, 0.3) is 0 Å². The van der Waals surface area contributed by atoms with Crippen molar-refractivity contribution in [1.82, 2.24) is 4.90 Å². The summed E-state index contributed by atoms with van der Waals surface area (Å²) in [6, 6.07) is 6.85. The van der Waals surface area contributed by atoms with Crippen molar-refractivity contribution < 1.29 is 5.11 Å². The molecule has 1 heterocycles. The average molecular weight is 257 g/mol. The fraction of sp³-hybridized carbons (Fsp3) is 0.647. The maximum Gasteiger partial charge on any atom is 0.115 e. The molecule has 2 bridgehead atoms. The third kappa shape index (κ3) is 1.53. The molecule has 2 nitrogen and oxygen atoms in total. The van der Waals surface area contributed by atoms with Gasteiger partial charge in [0.1, 0.15) is 5.75 Å². The van der Waals surface area contributed by atoms with Gasteiger partial charge in [0.2, 0.25) is 0 Å². The number of aromatic hydroxyl groups is 1. The summed E-state index contributed by atoms with van der Waals surface area (Å²) < 4.78 is 0. The zero-order valence-corrected chi connectivity index (χ0v) is 11.7. The predicted octanol–water partition coefficient (Wildman–Crippen LogP) is 3.08. The van der Waals surface area contributed by atoms with Crippen LogP contribution >= 0.6 is 0 Å². The van der Waals surface area contributed by atoms with E-state index in [0.29, 0.717) is 11.2 Å². The molecule has 0 radical (unpaired) electrons. The number of rotatable bonds is 0. The first-order chi connectivity index (χ1) is 9.21. The molecule has 1 saturated heterocycles. The van der Waals surface area contributed by atoms with E-state index in [-0.39, 0.29) is 0 Å². The predicted molar refractivity (Wildman–Crippen MR) is 76.5 cm³/mol. The molecule has 2 aliphatic carbocycles. The van der Waals surface area contributed by atoms with Gasteiger partial charge in [-0.05, 0) is 68.5 Å². The van der Waals surface area contributed by atoms with E-state index in [1.807, 2.05) is 6.07 Å². The zero-order chi connectivity index (χ0) is 13.0. The molecule has 4 rings (SSSR count). The van der Waals surface area contributed by atoms with Crippen LogP contribution in [0.15, 0.2) is 18.2 Å². The minimum absolute atomic E-state index is 0.377. The summed E-state index contributed by atoms with van der Waals surface area (Å²) in [6.07, 6.45) is 7.93. The van der Waals surface area contributed by atoms with Gasteiger partial charge >= 0.3 is 0 Å². The van der Waals surface area contributed by atoms with Crippen molar-refractivity contribution in [3.8, 4) is 5.75 Å². The maximum atomic E-state index is 9.91. The Kier molecular flexibility index (Phi) is 2.47. The van der Waals surface area contributed by atoms with Crippen molar-refractivity contribution >= 4 is 0 Å². The molecule has 0 amide bonds. The molecular formula is C17H23NO. The Morgan fingerprint density at radius 1 is 1.26 bits per heavy atom.